The van der Waals surface area contributed by atoms with Crippen molar-refractivity contribution in [3.8, 4) is 5.75 Å². The van der Waals surface area contributed by atoms with Crippen molar-refractivity contribution >= 4 is 5.91 Å². The third kappa shape index (κ3) is 4.38. The second-order valence-corrected chi connectivity index (χ2v) is 6.60. The van der Waals surface area contributed by atoms with Crippen molar-refractivity contribution in [2.75, 3.05) is 7.11 Å². The zero-order valence-electron chi connectivity index (χ0n) is 14.8. The minimum absolute atomic E-state index is 0.00487. The lowest BCUT2D eigenvalue weighted by Crippen LogP contribution is -2.30. The van der Waals surface area contributed by atoms with Crippen LogP contribution in [0.25, 0.3) is 0 Å². The number of methoxy groups -OCH3 is 1. The van der Waals surface area contributed by atoms with Gasteiger partial charge in [0, 0.05) is 18.9 Å². The topological polar surface area (TPSA) is 77.2 Å². The highest BCUT2D eigenvalue weighted by Crippen LogP contribution is 2.30. The van der Waals surface area contributed by atoms with Crippen molar-refractivity contribution in [1.82, 2.24) is 15.5 Å². The number of nitrogens with one attached hydrogen (secondary N) is 1. The van der Waals surface area contributed by atoms with E-state index in [1.54, 1.807) is 14.0 Å². The summed E-state index contributed by atoms with van der Waals surface area (Å²) in [7, 11) is 1.61. The molecule has 0 saturated heterocycles. The maximum atomic E-state index is 12.5. The first-order valence-corrected chi connectivity index (χ1v) is 8.90. The minimum Gasteiger partial charge on any atom is -0.496 e. The standard InChI is InChI=1S/C19H25N3O3/c1-13-20-19(22-25-13)18(15-9-5-6-10-16(15)24-2)21-17(23)12-11-14-7-3-4-8-14/h5-6,9-10,14,18H,3-4,7-8,11-12H2,1-2H3,(H,21,23)/t18-/m0/s1. The molecule has 1 aromatic carbocycles. The summed E-state index contributed by atoms with van der Waals surface area (Å²) >= 11 is 0. The summed E-state index contributed by atoms with van der Waals surface area (Å²) in [6.45, 7) is 1.73. The Labute approximate surface area is 148 Å². The summed E-state index contributed by atoms with van der Waals surface area (Å²) in [6, 6.07) is 7.09. The Bertz CT molecular complexity index is 707. The molecule has 1 aliphatic rings. The summed E-state index contributed by atoms with van der Waals surface area (Å²) < 4.78 is 10.6. The molecular weight excluding hydrogens is 318 g/mol. The molecule has 0 unspecified atom stereocenters. The van der Waals surface area contributed by atoms with Crippen molar-refractivity contribution < 1.29 is 14.1 Å². The van der Waals surface area contributed by atoms with E-state index < -0.39 is 6.04 Å². The molecule has 3 rings (SSSR count). The summed E-state index contributed by atoms with van der Waals surface area (Å²) in [4.78, 5) is 16.8. The van der Waals surface area contributed by atoms with Crippen LogP contribution in [0, 0.1) is 12.8 Å². The summed E-state index contributed by atoms with van der Waals surface area (Å²) in [6.07, 6.45) is 6.53. The predicted molar refractivity (Wildman–Crippen MR) is 93.2 cm³/mol. The molecule has 6 heteroatoms. The second-order valence-electron chi connectivity index (χ2n) is 6.60. The van der Waals surface area contributed by atoms with E-state index in [0.29, 0.717) is 29.8 Å². The van der Waals surface area contributed by atoms with Crippen molar-refractivity contribution in [2.45, 2.75) is 51.5 Å². The second kappa shape index (κ2) is 8.14. The Morgan fingerprint density at radius 3 is 2.80 bits per heavy atom. The molecule has 0 radical (unpaired) electrons. The minimum atomic E-state index is -0.482. The highest BCUT2D eigenvalue weighted by atomic mass is 16.5. The molecule has 134 valence electrons. The highest BCUT2D eigenvalue weighted by Gasteiger charge is 2.25. The lowest BCUT2D eigenvalue weighted by atomic mass is 10.0. The van der Waals surface area contributed by atoms with Gasteiger partial charge in [0.1, 0.15) is 11.8 Å². The molecule has 0 spiro atoms. The van der Waals surface area contributed by atoms with Crippen molar-refractivity contribution in [3.63, 3.8) is 0 Å². The van der Waals surface area contributed by atoms with Gasteiger partial charge in [-0.1, -0.05) is 49.0 Å². The van der Waals surface area contributed by atoms with Gasteiger partial charge in [-0.15, -0.1) is 0 Å². The summed E-state index contributed by atoms with van der Waals surface area (Å²) in [5, 5.41) is 7.06. The Morgan fingerprint density at radius 1 is 1.36 bits per heavy atom. The largest absolute Gasteiger partial charge is 0.496 e. The van der Waals surface area contributed by atoms with E-state index in [0.717, 1.165) is 12.0 Å². The van der Waals surface area contributed by atoms with E-state index in [1.807, 2.05) is 24.3 Å². The number of rotatable bonds is 7. The number of nitrogens with zero attached hydrogens (tertiary/aromatic N) is 2. The smallest absolute Gasteiger partial charge is 0.223 e. The Hall–Kier alpha value is -2.37. The van der Waals surface area contributed by atoms with Gasteiger partial charge < -0.3 is 14.6 Å². The Morgan fingerprint density at radius 2 is 2.12 bits per heavy atom. The molecule has 2 aromatic rings. The van der Waals surface area contributed by atoms with E-state index >= 15 is 0 Å². The van der Waals surface area contributed by atoms with Crippen LogP contribution in [0.4, 0.5) is 0 Å². The van der Waals surface area contributed by atoms with Crippen LogP contribution in [-0.2, 0) is 4.79 Å². The molecule has 1 aromatic heterocycles. The highest BCUT2D eigenvalue weighted by molar-refractivity contribution is 5.77. The van der Waals surface area contributed by atoms with Gasteiger partial charge in [-0.2, -0.15) is 4.98 Å². The van der Waals surface area contributed by atoms with Crippen molar-refractivity contribution in [1.29, 1.82) is 0 Å². The average Bonchev–Trinajstić information content (AvgIpc) is 3.29. The SMILES string of the molecule is COc1ccccc1[C@H](NC(=O)CCC1CCCC1)c1noc(C)n1. The fraction of sp³-hybridized carbons (Fsp3) is 0.526. The fourth-order valence-electron chi connectivity index (χ4n) is 3.49. The van der Waals surface area contributed by atoms with E-state index in [9.17, 15) is 4.79 Å². The van der Waals surface area contributed by atoms with E-state index in [-0.39, 0.29) is 5.91 Å². The maximum Gasteiger partial charge on any atom is 0.223 e. The van der Waals surface area contributed by atoms with Crippen LogP contribution in [-0.4, -0.2) is 23.2 Å². The molecule has 0 bridgehead atoms. The monoisotopic (exact) mass is 343 g/mol. The lowest BCUT2D eigenvalue weighted by Gasteiger charge is -2.19. The van der Waals surface area contributed by atoms with E-state index in [2.05, 4.69) is 15.5 Å². The van der Waals surface area contributed by atoms with Crippen LogP contribution in [0.3, 0.4) is 0 Å². The number of para-hydroxylation sites is 1. The van der Waals surface area contributed by atoms with Gasteiger partial charge in [-0.3, -0.25) is 4.79 Å². The van der Waals surface area contributed by atoms with Gasteiger partial charge in [-0.25, -0.2) is 0 Å². The molecule has 6 nitrogen and oxygen atoms in total. The maximum absolute atomic E-state index is 12.5. The molecule has 0 aliphatic heterocycles. The molecule has 1 fully saturated rings. The van der Waals surface area contributed by atoms with Gasteiger partial charge in [0.15, 0.2) is 5.82 Å². The molecule has 1 amide bonds. The normalized spacial score (nSPS) is 15.9. The lowest BCUT2D eigenvalue weighted by molar-refractivity contribution is -0.121. The predicted octanol–water partition coefficient (Wildman–Crippen LogP) is 3.56. The van der Waals surface area contributed by atoms with E-state index in [4.69, 9.17) is 9.26 Å². The number of ether oxygens (including phenoxy) is 1. The fourth-order valence-corrected chi connectivity index (χ4v) is 3.49. The molecule has 1 heterocycles. The Balaban J connectivity index is 1.75. The van der Waals surface area contributed by atoms with Gasteiger partial charge in [0.2, 0.25) is 11.8 Å². The van der Waals surface area contributed by atoms with Crippen LogP contribution >= 0.6 is 0 Å². The first kappa shape index (κ1) is 17.5. The quantitative estimate of drug-likeness (QED) is 0.832. The molecule has 1 atom stereocenters. The number of aryl methyl sites for hydroxylation is 1. The van der Waals surface area contributed by atoms with Crippen LogP contribution in [0.15, 0.2) is 28.8 Å². The van der Waals surface area contributed by atoms with E-state index in [1.165, 1.54) is 25.7 Å². The van der Waals surface area contributed by atoms with Gasteiger partial charge >= 0.3 is 0 Å². The molecule has 1 saturated carbocycles. The third-order valence-corrected chi connectivity index (χ3v) is 4.81. The zero-order valence-corrected chi connectivity index (χ0v) is 14.8. The number of carbonyl (C=O) groups excluding carboxylic acids is 1. The number of benzene rings is 1. The molecule has 25 heavy (non-hydrogen) atoms. The number of hydrogen-bond donors (Lipinski definition) is 1. The Kier molecular flexibility index (Phi) is 5.68. The van der Waals surface area contributed by atoms with Gasteiger partial charge in [0.05, 0.1) is 7.11 Å². The molecule has 1 aliphatic carbocycles. The first-order chi connectivity index (χ1) is 12.2. The van der Waals surface area contributed by atoms with Crippen molar-refractivity contribution in [2.24, 2.45) is 5.92 Å². The summed E-state index contributed by atoms with van der Waals surface area (Å²) in [5.41, 5.74) is 0.819. The van der Waals surface area contributed by atoms with Crippen LogP contribution in [0.2, 0.25) is 0 Å². The number of amides is 1. The number of carbonyl (C=O) groups is 1. The van der Waals surface area contributed by atoms with Crippen LogP contribution < -0.4 is 10.1 Å². The summed E-state index contributed by atoms with van der Waals surface area (Å²) in [5.74, 6) is 2.28. The van der Waals surface area contributed by atoms with Crippen molar-refractivity contribution in [3.05, 3.63) is 41.5 Å². The van der Waals surface area contributed by atoms with Gasteiger partial charge in [0.25, 0.3) is 0 Å². The zero-order chi connectivity index (χ0) is 17.6. The molecular formula is C19H25N3O3. The third-order valence-electron chi connectivity index (χ3n) is 4.81. The van der Waals surface area contributed by atoms with Gasteiger partial charge in [-0.05, 0) is 18.4 Å². The van der Waals surface area contributed by atoms with Crippen LogP contribution in [0.1, 0.15) is 61.8 Å². The number of hydrogen-bond acceptors (Lipinski definition) is 5. The molecule has 1 N–H and O–H groups in total. The average molecular weight is 343 g/mol. The first-order valence-electron chi connectivity index (χ1n) is 8.90. The van der Waals surface area contributed by atoms with Crippen LogP contribution in [0.5, 0.6) is 5.75 Å². The number of aromatic nitrogens is 2.